The maximum atomic E-state index is 12.0. The summed E-state index contributed by atoms with van der Waals surface area (Å²) in [5.74, 6) is 0. The molecule has 5 nitrogen and oxygen atoms in total. The molecule has 0 radical (unpaired) electrons. The summed E-state index contributed by atoms with van der Waals surface area (Å²) >= 11 is 5.69. The van der Waals surface area contributed by atoms with Gasteiger partial charge in [-0.1, -0.05) is 11.6 Å². The average molecular weight is 281 g/mol. The molecule has 0 aliphatic carbocycles. The molecule has 1 rings (SSSR count). The number of aliphatic hydroxyl groups excluding tert-OH is 1. The van der Waals surface area contributed by atoms with E-state index in [1.54, 1.807) is 0 Å². The van der Waals surface area contributed by atoms with Gasteiger partial charge in [0.1, 0.15) is 6.10 Å². The minimum atomic E-state index is -2.85. The third-order valence-corrected chi connectivity index (χ3v) is 2.43. The number of nitro groups is 1. The van der Waals surface area contributed by atoms with E-state index in [-0.39, 0.29) is 24.3 Å². The molecule has 1 unspecified atom stereocenters. The molecule has 0 aliphatic rings. The molecule has 0 spiro atoms. The van der Waals surface area contributed by atoms with Gasteiger partial charge >= 0.3 is 0 Å². The van der Waals surface area contributed by atoms with Crippen molar-refractivity contribution in [3.63, 3.8) is 0 Å². The maximum Gasteiger partial charge on any atom is 0.273 e. The zero-order valence-corrected chi connectivity index (χ0v) is 9.90. The Bertz CT molecular complexity index is 432. The fourth-order valence-electron chi connectivity index (χ4n) is 1.32. The predicted molar refractivity (Wildman–Crippen MR) is 61.8 cm³/mol. The van der Waals surface area contributed by atoms with Crippen LogP contribution < -0.4 is 5.32 Å². The lowest BCUT2D eigenvalue weighted by Gasteiger charge is -2.10. The van der Waals surface area contributed by atoms with Crippen molar-refractivity contribution in [2.24, 2.45) is 0 Å². The molecule has 8 heteroatoms. The number of nitrogens with one attached hydrogen (secondary N) is 1. The van der Waals surface area contributed by atoms with Crippen molar-refractivity contribution < 1.29 is 18.8 Å². The van der Waals surface area contributed by atoms with Crippen LogP contribution in [0.3, 0.4) is 0 Å². The lowest BCUT2D eigenvalue weighted by atomic mass is 10.2. The molecule has 100 valence electrons. The Hall–Kier alpha value is -1.31. The Morgan fingerprint density at radius 3 is 2.72 bits per heavy atom. The molecule has 0 saturated heterocycles. The smallest absolute Gasteiger partial charge is 0.273 e. The molecule has 0 saturated carbocycles. The van der Waals surface area contributed by atoms with Gasteiger partial charge in [-0.3, -0.25) is 10.1 Å². The van der Waals surface area contributed by atoms with E-state index < -0.39 is 17.5 Å². The minimum absolute atomic E-state index is 0.0271. The predicted octanol–water partition coefficient (Wildman–Crippen LogP) is 1.96. The number of hydrogen-bond donors (Lipinski definition) is 2. The Morgan fingerprint density at radius 1 is 1.50 bits per heavy atom. The summed E-state index contributed by atoms with van der Waals surface area (Å²) in [6.07, 6.45) is -4.66. The molecule has 1 atom stereocenters. The molecule has 1 aromatic carbocycles. The monoisotopic (exact) mass is 280 g/mol. The first kappa shape index (κ1) is 14.7. The lowest BCUT2D eigenvalue weighted by Crippen LogP contribution is -2.31. The highest BCUT2D eigenvalue weighted by molar-refractivity contribution is 6.30. The molecule has 0 heterocycles. The third-order valence-electron chi connectivity index (χ3n) is 2.20. The highest BCUT2D eigenvalue weighted by Gasteiger charge is 2.17. The van der Waals surface area contributed by atoms with Gasteiger partial charge in [0.25, 0.3) is 12.1 Å². The van der Waals surface area contributed by atoms with Crippen LogP contribution in [-0.2, 0) is 6.54 Å². The lowest BCUT2D eigenvalue weighted by molar-refractivity contribution is -0.385. The molecule has 0 amide bonds. The SMILES string of the molecule is O=[N+]([O-])c1ccc(Cl)cc1CNCC(O)C(F)F. The van der Waals surface area contributed by atoms with Gasteiger partial charge in [-0.2, -0.15) is 0 Å². The standard InChI is InChI=1S/C10H11ClF2N2O3/c11-7-1-2-8(15(17)18)6(3-7)4-14-5-9(16)10(12)13/h1-3,9-10,14,16H,4-5H2. The van der Waals surface area contributed by atoms with E-state index in [4.69, 9.17) is 16.7 Å². The number of nitro benzene ring substituents is 1. The number of nitrogens with zero attached hydrogens (tertiary/aromatic N) is 1. The quantitative estimate of drug-likeness (QED) is 0.617. The first-order valence-corrected chi connectivity index (χ1v) is 5.39. The highest BCUT2D eigenvalue weighted by atomic mass is 35.5. The second kappa shape index (κ2) is 6.58. The summed E-state index contributed by atoms with van der Waals surface area (Å²) in [6.45, 7) is -0.387. The van der Waals surface area contributed by atoms with Crippen molar-refractivity contribution in [1.82, 2.24) is 5.32 Å². The molecule has 0 aromatic heterocycles. The molecule has 2 N–H and O–H groups in total. The number of rotatable bonds is 6. The Kier molecular flexibility index (Phi) is 5.39. The van der Waals surface area contributed by atoms with E-state index in [0.717, 1.165) is 0 Å². The van der Waals surface area contributed by atoms with Gasteiger partial charge in [-0.25, -0.2) is 8.78 Å². The molecule has 0 aliphatic heterocycles. The summed E-state index contributed by atoms with van der Waals surface area (Å²) in [5.41, 5.74) is 0.118. The van der Waals surface area contributed by atoms with Gasteiger partial charge in [0.15, 0.2) is 0 Å². The van der Waals surface area contributed by atoms with Crippen LogP contribution >= 0.6 is 11.6 Å². The number of halogens is 3. The summed E-state index contributed by atoms with van der Waals surface area (Å²) in [6, 6.07) is 3.99. The Labute approximate surface area is 107 Å². The zero-order valence-electron chi connectivity index (χ0n) is 9.15. The minimum Gasteiger partial charge on any atom is -0.386 e. The van der Waals surface area contributed by atoms with Crippen LogP contribution in [0.25, 0.3) is 0 Å². The molecule has 0 bridgehead atoms. The fraction of sp³-hybridized carbons (Fsp3) is 0.400. The van der Waals surface area contributed by atoms with Gasteiger partial charge in [0.05, 0.1) is 4.92 Å². The highest BCUT2D eigenvalue weighted by Crippen LogP contribution is 2.22. The van der Waals surface area contributed by atoms with E-state index in [0.29, 0.717) is 5.02 Å². The Balaban J connectivity index is 2.66. The summed E-state index contributed by atoms with van der Waals surface area (Å²) in [4.78, 5) is 10.1. The fourth-order valence-corrected chi connectivity index (χ4v) is 1.51. The maximum absolute atomic E-state index is 12.0. The number of benzene rings is 1. The van der Waals surface area contributed by atoms with Crippen LogP contribution in [0, 0.1) is 10.1 Å². The first-order valence-electron chi connectivity index (χ1n) is 5.01. The van der Waals surface area contributed by atoms with E-state index in [2.05, 4.69) is 5.32 Å². The molecule has 0 fully saturated rings. The van der Waals surface area contributed by atoms with Gasteiger partial charge in [0, 0.05) is 29.7 Å². The zero-order chi connectivity index (χ0) is 13.7. The molecule has 1 aromatic rings. The largest absolute Gasteiger partial charge is 0.386 e. The van der Waals surface area contributed by atoms with Crippen molar-refractivity contribution in [1.29, 1.82) is 0 Å². The van der Waals surface area contributed by atoms with Crippen LogP contribution in [0.5, 0.6) is 0 Å². The summed E-state index contributed by atoms with van der Waals surface area (Å²) in [5, 5.41) is 22.4. The van der Waals surface area contributed by atoms with Gasteiger partial charge < -0.3 is 10.4 Å². The summed E-state index contributed by atoms with van der Waals surface area (Å²) in [7, 11) is 0. The van der Waals surface area contributed by atoms with Crippen molar-refractivity contribution in [2.45, 2.75) is 19.1 Å². The van der Waals surface area contributed by atoms with Crippen LogP contribution in [0.4, 0.5) is 14.5 Å². The van der Waals surface area contributed by atoms with Gasteiger partial charge in [-0.15, -0.1) is 0 Å². The van der Waals surface area contributed by atoms with E-state index in [1.807, 2.05) is 0 Å². The van der Waals surface area contributed by atoms with Crippen LogP contribution in [0.2, 0.25) is 5.02 Å². The van der Waals surface area contributed by atoms with Crippen LogP contribution in [0.1, 0.15) is 5.56 Å². The van der Waals surface area contributed by atoms with E-state index in [9.17, 15) is 18.9 Å². The second-order valence-electron chi connectivity index (χ2n) is 3.56. The van der Waals surface area contributed by atoms with Crippen LogP contribution in [0.15, 0.2) is 18.2 Å². The van der Waals surface area contributed by atoms with Gasteiger partial charge in [-0.05, 0) is 12.1 Å². The first-order chi connectivity index (χ1) is 8.41. The van der Waals surface area contributed by atoms with Crippen LogP contribution in [-0.4, -0.2) is 29.1 Å². The van der Waals surface area contributed by atoms with E-state index in [1.165, 1.54) is 18.2 Å². The second-order valence-corrected chi connectivity index (χ2v) is 4.00. The number of aliphatic hydroxyl groups is 1. The number of alkyl halides is 2. The third kappa shape index (κ3) is 4.17. The van der Waals surface area contributed by atoms with Gasteiger partial charge in [0.2, 0.25) is 0 Å². The van der Waals surface area contributed by atoms with Crippen molar-refractivity contribution in [2.75, 3.05) is 6.54 Å². The molecule has 18 heavy (non-hydrogen) atoms. The number of hydrogen-bond acceptors (Lipinski definition) is 4. The molecular weight excluding hydrogens is 270 g/mol. The average Bonchev–Trinajstić information content (AvgIpc) is 2.28. The van der Waals surface area contributed by atoms with E-state index >= 15 is 0 Å². The summed E-state index contributed by atoms with van der Waals surface area (Å²) < 4.78 is 24.0. The Morgan fingerprint density at radius 2 is 2.17 bits per heavy atom. The van der Waals surface area contributed by atoms with Crippen molar-refractivity contribution in [3.8, 4) is 0 Å². The molecular formula is C10H11ClF2N2O3. The van der Waals surface area contributed by atoms with Crippen molar-refractivity contribution >= 4 is 17.3 Å². The topological polar surface area (TPSA) is 75.4 Å². The normalized spacial score (nSPS) is 12.7. The van der Waals surface area contributed by atoms with Crippen molar-refractivity contribution in [3.05, 3.63) is 38.9 Å².